The van der Waals surface area contributed by atoms with Crippen LogP contribution in [0.3, 0.4) is 0 Å². The number of rotatable bonds is 6. The van der Waals surface area contributed by atoms with Crippen LogP contribution in [0.15, 0.2) is 29.5 Å². The first-order valence-corrected chi connectivity index (χ1v) is 7.19. The SMILES string of the molecule is CCOC(=O)c1cnc(N/N=C/c2cc([N+](=O)[O-])ccc2O)nc1C. The summed E-state index contributed by atoms with van der Waals surface area (Å²) in [7, 11) is 0. The Kier molecular flexibility index (Phi) is 5.56. The molecule has 1 aromatic carbocycles. The van der Waals surface area contributed by atoms with Crippen LogP contribution >= 0.6 is 0 Å². The van der Waals surface area contributed by atoms with E-state index in [-0.39, 0.29) is 35.1 Å². The number of nitro benzene ring substituents is 1. The average Bonchev–Trinajstić information content (AvgIpc) is 2.56. The van der Waals surface area contributed by atoms with Crippen LogP contribution in [-0.2, 0) is 4.74 Å². The molecule has 0 saturated carbocycles. The van der Waals surface area contributed by atoms with Crippen LogP contribution in [0.25, 0.3) is 0 Å². The monoisotopic (exact) mass is 345 g/mol. The summed E-state index contributed by atoms with van der Waals surface area (Å²) in [5.74, 6) is -0.561. The second-order valence-electron chi connectivity index (χ2n) is 4.78. The van der Waals surface area contributed by atoms with Gasteiger partial charge >= 0.3 is 5.97 Å². The number of ether oxygens (including phenoxy) is 1. The lowest BCUT2D eigenvalue weighted by atomic mass is 10.2. The van der Waals surface area contributed by atoms with E-state index in [0.717, 1.165) is 0 Å². The summed E-state index contributed by atoms with van der Waals surface area (Å²) in [5.41, 5.74) is 3.15. The molecular formula is C15H15N5O5. The predicted molar refractivity (Wildman–Crippen MR) is 88.7 cm³/mol. The Hall–Kier alpha value is -3.56. The van der Waals surface area contributed by atoms with Crippen LogP contribution in [0, 0.1) is 17.0 Å². The Morgan fingerprint density at radius 3 is 2.92 bits per heavy atom. The molecule has 10 nitrogen and oxygen atoms in total. The number of aryl methyl sites for hydroxylation is 1. The number of carbonyl (C=O) groups excluding carboxylic acids is 1. The van der Waals surface area contributed by atoms with Crippen molar-refractivity contribution in [3.8, 4) is 5.75 Å². The van der Waals surface area contributed by atoms with Crippen LogP contribution in [0.5, 0.6) is 5.75 Å². The molecule has 0 fully saturated rings. The zero-order valence-corrected chi connectivity index (χ0v) is 13.5. The van der Waals surface area contributed by atoms with E-state index in [1.807, 2.05) is 0 Å². The molecule has 0 saturated heterocycles. The molecule has 0 atom stereocenters. The highest BCUT2D eigenvalue weighted by Gasteiger charge is 2.12. The molecule has 130 valence electrons. The van der Waals surface area contributed by atoms with Gasteiger partial charge in [0.2, 0.25) is 5.95 Å². The standard InChI is InChI=1S/C15H15N5O5/c1-3-25-14(22)12-8-16-15(18-9(12)2)19-17-7-10-6-11(20(23)24)4-5-13(10)21/h4-8,21H,3H2,1-2H3,(H,16,18,19)/b17-7+. The lowest BCUT2D eigenvalue weighted by molar-refractivity contribution is -0.384. The molecule has 0 radical (unpaired) electrons. The Labute approximate surface area is 142 Å². The number of esters is 1. The molecule has 0 amide bonds. The van der Waals surface area contributed by atoms with Crippen molar-refractivity contribution in [2.75, 3.05) is 12.0 Å². The second kappa shape index (κ2) is 7.81. The van der Waals surface area contributed by atoms with E-state index in [2.05, 4.69) is 20.5 Å². The topological polar surface area (TPSA) is 140 Å². The van der Waals surface area contributed by atoms with Crippen molar-refractivity contribution >= 4 is 23.8 Å². The fourth-order valence-corrected chi connectivity index (χ4v) is 1.85. The average molecular weight is 345 g/mol. The van der Waals surface area contributed by atoms with Crippen molar-refractivity contribution in [1.82, 2.24) is 9.97 Å². The number of aromatic nitrogens is 2. The summed E-state index contributed by atoms with van der Waals surface area (Å²) in [5, 5.41) is 24.2. The van der Waals surface area contributed by atoms with Gasteiger partial charge in [-0.05, 0) is 19.9 Å². The van der Waals surface area contributed by atoms with E-state index in [1.54, 1.807) is 13.8 Å². The number of hydrogen-bond acceptors (Lipinski definition) is 9. The van der Waals surface area contributed by atoms with Crippen LogP contribution in [0.1, 0.15) is 28.5 Å². The third-order valence-corrected chi connectivity index (χ3v) is 3.06. The lowest BCUT2D eigenvalue weighted by Crippen LogP contribution is -2.10. The number of nitro groups is 1. The van der Waals surface area contributed by atoms with Crippen LogP contribution in [-0.4, -0.2) is 38.8 Å². The Morgan fingerprint density at radius 2 is 2.28 bits per heavy atom. The molecule has 1 aromatic heterocycles. The number of phenolic OH excluding ortho intramolecular Hbond substituents is 1. The van der Waals surface area contributed by atoms with E-state index < -0.39 is 10.9 Å². The summed E-state index contributed by atoms with van der Waals surface area (Å²) >= 11 is 0. The van der Waals surface area contributed by atoms with Gasteiger partial charge < -0.3 is 9.84 Å². The molecule has 1 heterocycles. The van der Waals surface area contributed by atoms with Crippen molar-refractivity contribution in [3.63, 3.8) is 0 Å². The summed E-state index contributed by atoms with van der Waals surface area (Å²) in [4.78, 5) is 29.8. The summed E-state index contributed by atoms with van der Waals surface area (Å²) in [6, 6.07) is 3.56. The fourth-order valence-electron chi connectivity index (χ4n) is 1.85. The van der Waals surface area contributed by atoms with Crippen molar-refractivity contribution in [1.29, 1.82) is 0 Å². The number of benzene rings is 1. The minimum Gasteiger partial charge on any atom is -0.507 e. The van der Waals surface area contributed by atoms with Crippen molar-refractivity contribution in [2.24, 2.45) is 5.10 Å². The molecule has 0 unspecified atom stereocenters. The Morgan fingerprint density at radius 1 is 1.52 bits per heavy atom. The molecule has 0 spiro atoms. The highest BCUT2D eigenvalue weighted by molar-refractivity contribution is 5.90. The number of carbonyl (C=O) groups is 1. The number of anilines is 1. The maximum Gasteiger partial charge on any atom is 0.341 e. The Balaban J connectivity index is 2.12. The maximum absolute atomic E-state index is 11.7. The predicted octanol–water partition coefficient (Wildman–Crippen LogP) is 2.02. The molecule has 10 heteroatoms. The minimum atomic E-state index is -0.579. The highest BCUT2D eigenvalue weighted by atomic mass is 16.6. The zero-order chi connectivity index (χ0) is 18.4. The van der Waals surface area contributed by atoms with E-state index in [9.17, 15) is 20.0 Å². The molecule has 2 N–H and O–H groups in total. The van der Waals surface area contributed by atoms with Gasteiger partial charge in [-0.2, -0.15) is 5.10 Å². The largest absolute Gasteiger partial charge is 0.507 e. The van der Waals surface area contributed by atoms with Crippen molar-refractivity contribution in [2.45, 2.75) is 13.8 Å². The number of phenols is 1. The number of aromatic hydroxyl groups is 1. The molecule has 0 bridgehead atoms. The van der Waals surface area contributed by atoms with Gasteiger partial charge in [-0.15, -0.1) is 0 Å². The molecule has 0 aliphatic rings. The van der Waals surface area contributed by atoms with Crippen LogP contribution < -0.4 is 5.43 Å². The molecule has 2 aromatic rings. The van der Waals surface area contributed by atoms with Gasteiger partial charge in [0.1, 0.15) is 5.75 Å². The third kappa shape index (κ3) is 4.47. The smallest absolute Gasteiger partial charge is 0.341 e. The van der Waals surface area contributed by atoms with Gasteiger partial charge in [0, 0.05) is 23.9 Å². The van der Waals surface area contributed by atoms with Crippen LogP contribution in [0.4, 0.5) is 11.6 Å². The molecule has 2 rings (SSSR count). The first-order chi connectivity index (χ1) is 11.9. The highest BCUT2D eigenvalue weighted by Crippen LogP contribution is 2.21. The van der Waals surface area contributed by atoms with Gasteiger partial charge in [-0.25, -0.2) is 20.2 Å². The van der Waals surface area contributed by atoms with E-state index in [1.165, 1.54) is 30.6 Å². The third-order valence-electron chi connectivity index (χ3n) is 3.06. The molecular weight excluding hydrogens is 330 g/mol. The van der Waals surface area contributed by atoms with Crippen molar-refractivity contribution < 1.29 is 19.6 Å². The normalized spacial score (nSPS) is 10.6. The molecule has 0 aliphatic heterocycles. The lowest BCUT2D eigenvalue weighted by Gasteiger charge is -2.05. The van der Waals surface area contributed by atoms with Gasteiger partial charge in [-0.3, -0.25) is 10.1 Å². The number of hydrazone groups is 1. The van der Waals surface area contributed by atoms with Crippen molar-refractivity contribution in [3.05, 3.63) is 51.3 Å². The number of hydrogen-bond donors (Lipinski definition) is 2. The zero-order valence-electron chi connectivity index (χ0n) is 13.5. The second-order valence-corrected chi connectivity index (χ2v) is 4.78. The van der Waals surface area contributed by atoms with Gasteiger partial charge in [0.05, 0.1) is 29.0 Å². The number of non-ortho nitro benzene ring substituents is 1. The van der Waals surface area contributed by atoms with E-state index >= 15 is 0 Å². The number of nitrogens with one attached hydrogen (secondary N) is 1. The number of nitrogens with zero attached hydrogens (tertiary/aromatic N) is 4. The fraction of sp³-hybridized carbons (Fsp3) is 0.200. The summed E-state index contributed by atoms with van der Waals surface area (Å²) in [6.45, 7) is 3.56. The Bertz CT molecular complexity index is 837. The van der Waals surface area contributed by atoms with Gasteiger partial charge in [0.15, 0.2) is 0 Å². The summed E-state index contributed by atoms with van der Waals surface area (Å²) < 4.78 is 4.88. The van der Waals surface area contributed by atoms with E-state index in [4.69, 9.17) is 4.74 Å². The summed E-state index contributed by atoms with van der Waals surface area (Å²) in [6.07, 6.45) is 2.50. The molecule has 25 heavy (non-hydrogen) atoms. The first kappa shape index (κ1) is 17.8. The maximum atomic E-state index is 11.7. The van der Waals surface area contributed by atoms with Gasteiger partial charge in [-0.1, -0.05) is 0 Å². The van der Waals surface area contributed by atoms with Crippen LogP contribution in [0.2, 0.25) is 0 Å². The van der Waals surface area contributed by atoms with Gasteiger partial charge in [0.25, 0.3) is 5.69 Å². The van der Waals surface area contributed by atoms with E-state index in [0.29, 0.717) is 5.69 Å². The molecule has 0 aliphatic carbocycles. The first-order valence-electron chi connectivity index (χ1n) is 7.19. The minimum absolute atomic E-state index is 0.117. The quantitative estimate of drug-likeness (QED) is 0.351.